The van der Waals surface area contributed by atoms with Crippen molar-refractivity contribution in [1.29, 1.82) is 0 Å². The first-order chi connectivity index (χ1) is 12.8. The fourth-order valence-corrected chi connectivity index (χ4v) is 2.41. The van der Waals surface area contributed by atoms with E-state index in [1.165, 1.54) is 18.5 Å². The Hall–Kier alpha value is -3.24. The Morgan fingerprint density at radius 1 is 1.15 bits per heavy atom. The highest BCUT2D eigenvalue weighted by atomic mass is 19.4. The summed E-state index contributed by atoms with van der Waals surface area (Å²) in [6.07, 6.45) is 0.685. The number of carbonyl (C=O) groups excluding carboxylic acids is 1. The summed E-state index contributed by atoms with van der Waals surface area (Å²) in [5.41, 5.74) is -0.673. The third-order valence-electron chi connectivity index (χ3n) is 3.68. The van der Waals surface area contributed by atoms with Crippen LogP contribution in [0.3, 0.4) is 0 Å². The lowest BCUT2D eigenvalue weighted by Crippen LogP contribution is -2.52. The van der Waals surface area contributed by atoms with Crippen molar-refractivity contribution in [2.45, 2.75) is 12.2 Å². The number of nitrogens with one attached hydrogen (secondary N) is 2. The Morgan fingerprint density at radius 3 is 2.44 bits per heavy atom. The molecule has 11 heteroatoms. The van der Waals surface area contributed by atoms with E-state index < -0.39 is 17.7 Å². The Morgan fingerprint density at radius 2 is 1.85 bits per heavy atom. The van der Waals surface area contributed by atoms with Crippen molar-refractivity contribution in [2.75, 3.05) is 23.7 Å². The van der Waals surface area contributed by atoms with E-state index in [1.807, 2.05) is 0 Å². The molecule has 2 N–H and O–H groups in total. The number of hydrogen-bond donors (Lipinski definition) is 2. The van der Waals surface area contributed by atoms with Gasteiger partial charge in [-0.2, -0.15) is 13.2 Å². The molecule has 0 radical (unpaired) electrons. The smallest absolute Gasteiger partial charge is 0.371 e. The van der Waals surface area contributed by atoms with Gasteiger partial charge >= 0.3 is 6.18 Å². The Bertz CT molecular complexity index is 834. The van der Waals surface area contributed by atoms with Crippen molar-refractivity contribution in [3.05, 3.63) is 48.4 Å². The number of nitrogens with zero attached hydrogens (tertiary/aromatic N) is 4. The van der Waals surface area contributed by atoms with E-state index in [9.17, 15) is 22.4 Å². The minimum atomic E-state index is -4.51. The van der Waals surface area contributed by atoms with E-state index >= 15 is 0 Å². The van der Waals surface area contributed by atoms with Crippen LogP contribution in [0.1, 0.15) is 5.69 Å². The Kier molecular flexibility index (Phi) is 5.19. The zero-order valence-corrected chi connectivity index (χ0v) is 13.7. The quantitative estimate of drug-likeness (QED) is 0.452. The normalized spacial score (nSPS) is 15.3. The molecule has 1 fully saturated rings. The van der Waals surface area contributed by atoms with Crippen LogP contribution in [0.4, 0.5) is 34.9 Å². The average molecular weight is 382 g/mol. The molecule has 1 saturated heterocycles. The van der Waals surface area contributed by atoms with Gasteiger partial charge in [0.15, 0.2) is 23.7 Å². The minimum absolute atomic E-state index is 0.0521. The Balaban J connectivity index is 1.64. The minimum Gasteiger partial charge on any atom is -0.371 e. The van der Waals surface area contributed by atoms with Crippen LogP contribution in [0.15, 0.2) is 42.8 Å². The van der Waals surface area contributed by atoms with Gasteiger partial charge in [0.05, 0.1) is 17.9 Å². The number of hydrogen-bond acceptors (Lipinski definition) is 7. The molecule has 2 aromatic heterocycles. The van der Waals surface area contributed by atoms with E-state index in [-0.39, 0.29) is 12.3 Å². The number of rotatable bonds is 6. The number of anilines is 3. The molecule has 3 heterocycles. The number of pyridine rings is 1. The molecule has 0 bridgehead atoms. The maximum atomic E-state index is 12.9. The molecule has 2 aromatic rings. The molecule has 0 spiro atoms. The van der Waals surface area contributed by atoms with E-state index in [4.69, 9.17) is 0 Å². The highest BCUT2D eigenvalue weighted by Gasteiger charge is 2.32. The molecule has 7 nitrogen and oxygen atoms in total. The summed E-state index contributed by atoms with van der Waals surface area (Å²) >= 11 is 0. The predicted molar refractivity (Wildman–Crippen MR) is 88.8 cm³/mol. The fraction of sp³-hybridized carbons (Fsp3) is 0.250. The van der Waals surface area contributed by atoms with Gasteiger partial charge in [-0.05, 0) is 12.1 Å². The van der Waals surface area contributed by atoms with Gasteiger partial charge in [0, 0.05) is 31.7 Å². The van der Waals surface area contributed by atoms with Crippen molar-refractivity contribution in [3.63, 3.8) is 0 Å². The molecule has 1 aliphatic heterocycles. The number of allylic oxidation sites excluding steroid dienone is 1. The highest BCUT2D eigenvalue weighted by molar-refractivity contribution is 5.69. The molecule has 0 amide bonds. The molecule has 0 aromatic carbocycles. The van der Waals surface area contributed by atoms with Crippen LogP contribution in [0.25, 0.3) is 0 Å². The topological polar surface area (TPSA) is 83.0 Å². The van der Waals surface area contributed by atoms with E-state index in [2.05, 4.69) is 25.6 Å². The summed E-state index contributed by atoms with van der Waals surface area (Å²) in [7, 11) is 0. The third-order valence-corrected chi connectivity index (χ3v) is 3.68. The lowest BCUT2D eigenvalue weighted by Gasteiger charge is -2.39. The third kappa shape index (κ3) is 4.68. The first-order valence-electron chi connectivity index (χ1n) is 7.79. The van der Waals surface area contributed by atoms with Crippen molar-refractivity contribution in [1.82, 2.24) is 19.9 Å². The second kappa shape index (κ2) is 7.56. The van der Waals surface area contributed by atoms with E-state index in [0.29, 0.717) is 30.4 Å². The number of alkyl halides is 3. The zero-order chi connectivity index (χ0) is 19.4. The largest absolute Gasteiger partial charge is 0.433 e. The second-order valence-corrected chi connectivity index (χ2v) is 5.74. The molecular formula is C16H14F4N6O. The van der Waals surface area contributed by atoms with Crippen LogP contribution in [0, 0.1) is 0 Å². The van der Waals surface area contributed by atoms with Crippen molar-refractivity contribution in [3.8, 4) is 0 Å². The van der Waals surface area contributed by atoms with Gasteiger partial charge in [-0.3, -0.25) is 4.79 Å². The van der Waals surface area contributed by atoms with Gasteiger partial charge in [0.25, 0.3) is 0 Å². The SMILES string of the molecule is O=CC(F)=CN1CC(Nc2nccnc2Nc2ccc(C(F)(F)F)nc2)C1. The molecule has 0 unspecified atom stereocenters. The number of carbonyl (C=O) groups is 1. The summed E-state index contributed by atoms with van der Waals surface area (Å²) in [5.74, 6) is -0.154. The number of halogens is 4. The lowest BCUT2D eigenvalue weighted by molar-refractivity contribution is -0.141. The summed E-state index contributed by atoms with van der Waals surface area (Å²) < 4.78 is 50.6. The van der Waals surface area contributed by atoms with E-state index in [1.54, 1.807) is 4.90 Å². The maximum absolute atomic E-state index is 12.9. The van der Waals surface area contributed by atoms with Crippen molar-refractivity contribution < 1.29 is 22.4 Å². The average Bonchev–Trinajstić information content (AvgIpc) is 2.60. The van der Waals surface area contributed by atoms with Gasteiger partial charge in [0.1, 0.15) is 5.69 Å². The fourth-order valence-electron chi connectivity index (χ4n) is 2.41. The molecule has 27 heavy (non-hydrogen) atoms. The van der Waals surface area contributed by atoms with Gasteiger partial charge < -0.3 is 15.5 Å². The van der Waals surface area contributed by atoms with Crippen molar-refractivity contribution in [2.24, 2.45) is 0 Å². The molecule has 3 rings (SSSR count). The Labute approximate surface area is 151 Å². The standard InChI is InChI=1S/C16H14F4N6O/c17-10(9-27)6-26-7-12(8-26)25-15-14(21-3-4-22-15)24-11-1-2-13(23-5-11)16(18,19)20/h1-6,9,12H,7-8H2,(H,21,24)(H,22,25). The first-order valence-corrected chi connectivity index (χ1v) is 7.79. The molecule has 142 valence electrons. The lowest BCUT2D eigenvalue weighted by atomic mass is 10.1. The summed E-state index contributed by atoms with van der Waals surface area (Å²) in [5, 5.41) is 5.97. The number of aromatic nitrogens is 3. The van der Waals surface area contributed by atoms with Crippen LogP contribution in [0.5, 0.6) is 0 Å². The zero-order valence-electron chi connectivity index (χ0n) is 13.7. The molecule has 0 atom stereocenters. The van der Waals surface area contributed by atoms with Crippen LogP contribution in [-0.4, -0.2) is 45.3 Å². The molecule has 0 saturated carbocycles. The summed E-state index contributed by atoms with van der Waals surface area (Å²) in [6.45, 7) is 0.915. The summed E-state index contributed by atoms with van der Waals surface area (Å²) in [6, 6.07) is 2.05. The molecule has 1 aliphatic rings. The first kappa shape index (κ1) is 18.5. The van der Waals surface area contributed by atoms with Gasteiger partial charge in [-0.15, -0.1) is 0 Å². The van der Waals surface area contributed by atoms with Crippen LogP contribution < -0.4 is 10.6 Å². The second-order valence-electron chi connectivity index (χ2n) is 5.74. The van der Waals surface area contributed by atoms with Crippen LogP contribution in [-0.2, 0) is 11.0 Å². The predicted octanol–water partition coefficient (Wildman–Crippen LogP) is 2.74. The monoisotopic (exact) mass is 382 g/mol. The van der Waals surface area contributed by atoms with Gasteiger partial charge in [0.2, 0.25) is 0 Å². The molecule has 0 aliphatic carbocycles. The van der Waals surface area contributed by atoms with Gasteiger partial charge in [-0.1, -0.05) is 0 Å². The van der Waals surface area contributed by atoms with Crippen LogP contribution in [0.2, 0.25) is 0 Å². The highest BCUT2D eigenvalue weighted by Crippen LogP contribution is 2.29. The van der Waals surface area contributed by atoms with Gasteiger partial charge in [-0.25, -0.2) is 19.3 Å². The number of aldehydes is 1. The van der Waals surface area contributed by atoms with Crippen molar-refractivity contribution >= 4 is 23.6 Å². The number of likely N-dealkylation sites (tertiary alicyclic amines) is 1. The van der Waals surface area contributed by atoms with E-state index in [0.717, 1.165) is 18.5 Å². The van der Waals surface area contributed by atoms with Crippen LogP contribution >= 0.6 is 0 Å². The summed E-state index contributed by atoms with van der Waals surface area (Å²) in [4.78, 5) is 23.5. The molecular weight excluding hydrogens is 368 g/mol. The maximum Gasteiger partial charge on any atom is 0.433 e.